The van der Waals surface area contributed by atoms with E-state index in [1.807, 2.05) is 15.2 Å². The van der Waals surface area contributed by atoms with Crippen LogP contribution in [-0.4, -0.2) is 59.3 Å². The lowest BCUT2D eigenvalue weighted by Gasteiger charge is -2.34. The zero-order valence-corrected chi connectivity index (χ0v) is 16.8. The van der Waals surface area contributed by atoms with E-state index in [1.165, 1.54) is 37.0 Å². The van der Waals surface area contributed by atoms with Gasteiger partial charge >= 0.3 is 0 Å². The lowest BCUT2D eigenvalue weighted by Crippen LogP contribution is -2.50. The van der Waals surface area contributed by atoms with Gasteiger partial charge in [-0.25, -0.2) is 4.98 Å². The Morgan fingerprint density at radius 1 is 1.15 bits per heavy atom. The van der Waals surface area contributed by atoms with Crippen molar-refractivity contribution in [3.63, 3.8) is 0 Å². The van der Waals surface area contributed by atoms with Crippen molar-refractivity contribution in [3.8, 4) is 0 Å². The molecule has 1 aromatic rings. The smallest absolute Gasteiger partial charge is 0.273 e. The third-order valence-electron chi connectivity index (χ3n) is 5.29. The Hall–Kier alpha value is -1.18. The molecule has 0 bridgehead atoms. The third-order valence-corrected chi connectivity index (χ3v) is 6.20. The Morgan fingerprint density at radius 3 is 2.46 bits per heavy atom. The van der Waals surface area contributed by atoms with Crippen LogP contribution in [0.4, 0.5) is 0 Å². The highest BCUT2D eigenvalue weighted by Gasteiger charge is 2.26. The van der Waals surface area contributed by atoms with E-state index < -0.39 is 0 Å². The molecule has 26 heavy (non-hydrogen) atoms. The van der Waals surface area contributed by atoms with E-state index in [2.05, 4.69) is 4.98 Å². The largest absolute Gasteiger partial charge is 0.339 e. The molecule has 2 N–H and O–H groups in total. The predicted molar refractivity (Wildman–Crippen MR) is 106 cm³/mol. The summed E-state index contributed by atoms with van der Waals surface area (Å²) in [5.41, 5.74) is 6.04. The summed E-state index contributed by atoms with van der Waals surface area (Å²) in [6, 6.07) is 0. The van der Waals surface area contributed by atoms with Crippen LogP contribution in [0.1, 0.15) is 54.0 Å². The van der Waals surface area contributed by atoms with Crippen molar-refractivity contribution in [3.05, 3.63) is 16.1 Å². The van der Waals surface area contributed by atoms with Crippen molar-refractivity contribution < 1.29 is 9.59 Å². The summed E-state index contributed by atoms with van der Waals surface area (Å²) >= 11 is 1.49. The first-order chi connectivity index (χ1) is 12.2. The van der Waals surface area contributed by atoms with Gasteiger partial charge in [0.05, 0.1) is 5.01 Å². The Morgan fingerprint density at radius 2 is 1.81 bits per heavy atom. The second kappa shape index (κ2) is 10.2. The molecule has 3 rings (SSSR count). The molecular weight excluding hydrogens is 372 g/mol. The maximum Gasteiger partial charge on any atom is 0.273 e. The van der Waals surface area contributed by atoms with Crippen LogP contribution in [0.2, 0.25) is 0 Å². The van der Waals surface area contributed by atoms with Crippen LogP contribution in [0.25, 0.3) is 0 Å². The fraction of sp³-hybridized carbons (Fsp3) is 0.722. The minimum Gasteiger partial charge on any atom is -0.339 e. The van der Waals surface area contributed by atoms with E-state index in [0.717, 1.165) is 17.3 Å². The van der Waals surface area contributed by atoms with Crippen molar-refractivity contribution in [1.29, 1.82) is 0 Å². The van der Waals surface area contributed by atoms with Gasteiger partial charge in [-0.05, 0) is 18.9 Å². The molecule has 2 heterocycles. The van der Waals surface area contributed by atoms with Gasteiger partial charge in [-0.1, -0.05) is 25.7 Å². The van der Waals surface area contributed by atoms with Gasteiger partial charge in [-0.2, -0.15) is 0 Å². The Kier molecular flexibility index (Phi) is 8.31. The summed E-state index contributed by atoms with van der Waals surface area (Å²) in [6.45, 7) is 3.00. The number of hydrogen-bond acceptors (Lipinski definition) is 5. The monoisotopic (exact) mass is 400 g/mol. The molecule has 146 valence electrons. The van der Waals surface area contributed by atoms with E-state index in [0.29, 0.717) is 51.3 Å². The molecule has 6 nitrogen and oxygen atoms in total. The number of rotatable bonds is 6. The van der Waals surface area contributed by atoms with Crippen molar-refractivity contribution in [2.24, 2.45) is 11.7 Å². The number of nitrogens with two attached hydrogens (primary N) is 1. The minimum absolute atomic E-state index is 0. The van der Waals surface area contributed by atoms with Crippen LogP contribution in [0.15, 0.2) is 5.38 Å². The summed E-state index contributed by atoms with van der Waals surface area (Å²) in [7, 11) is 0. The number of aromatic nitrogens is 1. The molecule has 0 unspecified atom stereocenters. The Bertz CT molecular complexity index is 596. The number of nitrogens with zero attached hydrogens (tertiary/aromatic N) is 3. The van der Waals surface area contributed by atoms with Crippen molar-refractivity contribution >= 4 is 35.6 Å². The first-order valence-corrected chi connectivity index (χ1v) is 10.3. The van der Waals surface area contributed by atoms with Crippen LogP contribution in [-0.2, 0) is 11.2 Å². The number of carbonyl (C=O) groups is 2. The quantitative estimate of drug-likeness (QED) is 0.794. The molecule has 0 spiro atoms. The minimum atomic E-state index is -0.0300. The highest BCUT2D eigenvalue weighted by atomic mass is 35.5. The maximum atomic E-state index is 12.5. The topological polar surface area (TPSA) is 79.5 Å². The van der Waals surface area contributed by atoms with E-state index in [1.54, 1.807) is 0 Å². The third kappa shape index (κ3) is 5.41. The lowest BCUT2D eigenvalue weighted by molar-refractivity contribution is -0.133. The van der Waals surface area contributed by atoms with Gasteiger partial charge in [-0.15, -0.1) is 23.7 Å². The first kappa shape index (κ1) is 21.1. The molecule has 2 amide bonds. The Labute approximate surface area is 165 Å². The predicted octanol–water partition coefficient (Wildman–Crippen LogP) is 2.32. The number of thiazole rings is 1. The fourth-order valence-corrected chi connectivity index (χ4v) is 4.54. The number of halogens is 1. The van der Waals surface area contributed by atoms with Crippen LogP contribution in [0.5, 0.6) is 0 Å². The number of piperazine rings is 1. The van der Waals surface area contributed by atoms with E-state index in [9.17, 15) is 9.59 Å². The molecule has 2 fully saturated rings. The molecule has 2 aliphatic rings. The van der Waals surface area contributed by atoms with Gasteiger partial charge in [0.15, 0.2) is 0 Å². The van der Waals surface area contributed by atoms with Gasteiger partial charge < -0.3 is 15.5 Å². The average Bonchev–Trinajstić information content (AvgIpc) is 3.31. The van der Waals surface area contributed by atoms with Crippen molar-refractivity contribution in [2.45, 2.75) is 44.9 Å². The van der Waals surface area contributed by atoms with Crippen molar-refractivity contribution in [1.82, 2.24) is 14.8 Å². The van der Waals surface area contributed by atoms with Crippen LogP contribution >= 0.6 is 23.7 Å². The summed E-state index contributed by atoms with van der Waals surface area (Å²) in [4.78, 5) is 33.0. The number of carbonyl (C=O) groups excluding carboxylic acids is 2. The van der Waals surface area contributed by atoms with Crippen LogP contribution in [0, 0.1) is 5.92 Å². The summed E-state index contributed by atoms with van der Waals surface area (Å²) in [5.74, 6) is 0.967. The Balaban J connectivity index is 0.00000243. The molecule has 1 saturated carbocycles. The summed E-state index contributed by atoms with van der Waals surface area (Å²) < 4.78 is 0. The summed E-state index contributed by atoms with van der Waals surface area (Å²) in [6.07, 6.45) is 7.62. The molecule has 1 saturated heterocycles. The fourth-order valence-electron chi connectivity index (χ4n) is 3.75. The highest BCUT2D eigenvalue weighted by molar-refractivity contribution is 7.09. The average molecular weight is 401 g/mol. The van der Waals surface area contributed by atoms with Crippen LogP contribution in [0.3, 0.4) is 0 Å². The van der Waals surface area contributed by atoms with Crippen molar-refractivity contribution in [2.75, 3.05) is 32.7 Å². The molecule has 0 radical (unpaired) electrons. The van der Waals surface area contributed by atoms with Crippen LogP contribution < -0.4 is 5.73 Å². The molecule has 1 aliphatic heterocycles. The van der Waals surface area contributed by atoms with E-state index in [-0.39, 0.29) is 24.2 Å². The molecule has 8 heteroatoms. The van der Waals surface area contributed by atoms with Gasteiger partial charge in [0.1, 0.15) is 5.69 Å². The van der Waals surface area contributed by atoms with Gasteiger partial charge in [0.2, 0.25) is 5.91 Å². The second-order valence-corrected chi connectivity index (χ2v) is 7.97. The standard InChI is InChI=1S/C18H28N4O2S.ClH/c19-8-7-16-20-15(13-25-16)18(24)22-11-9-21(10-12-22)17(23)6-5-14-3-1-2-4-14;/h13-14H,1-12,19H2;1H. The molecular formula is C18H29ClN4O2S. The molecule has 1 aromatic heterocycles. The second-order valence-electron chi connectivity index (χ2n) is 7.03. The summed E-state index contributed by atoms with van der Waals surface area (Å²) in [5, 5.41) is 2.72. The lowest BCUT2D eigenvalue weighted by atomic mass is 10.0. The van der Waals surface area contributed by atoms with E-state index in [4.69, 9.17) is 5.73 Å². The van der Waals surface area contributed by atoms with Gasteiger partial charge in [-0.3, -0.25) is 9.59 Å². The normalized spacial score (nSPS) is 18.0. The maximum absolute atomic E-state index is 12.5. The highest BCUT2D eigenvalue weighted by Crippen LogP contribution is 2.28. The SMILES string of the molecule is Cl.NCCc1nc(C(=O)N2CCN(C(=O)CCC3CCCC3)CC2)cs1. The number of hydrogen-bond donors (Lipinski definition) is 1. The zero-order chi connectivity index (χ0) is 17.6. The van der Waals surface area contributed by atoms with E-state index >= 15 is 0 Å². The first-order valence-electron chi connectivity index (χ1n) is 9.39. The van der Waals surface area contributed by atoms with Gasteiger partial charge in [0.25, 0.3) is 5.91 Å². The van der Waals surface area contributed by atoms with Gasteiger partial charge in [0, 0.05) is 44.4 Å². The molecule has 0 atom stereocenters. The molecule has 1 aliphatic carbocycles. The zero-order valence-electron chi connectivity index (χ0n) is 15.2. The molecule has 0 aromatic carbocycles. The number of amides is 2.